The monoisotopic (exact) mass is 265 g/mol. The second kappa shape index (κ2) is 8.60. The third-order valence-electron chi connectivity index (χ3n) is 3.22. The fourth-order valence-electron chi connectivity index (χ4n) is 2.08. The first-order chi connectivity index (χ1) is 8.63. The van der Waals surface area contributed by atoms with E-state index in [-0.39, 0.29) is 0 Å². The molecule has 1 nitrogen and oxygen atoms in total. The molecule has 1 unspecified atom stereocenters. The lowest BCUT2D eigenvalue weighted by Crippen LogP contribution is -2.28. The molecule has 1 N–H and O–H groups in total. The van der Waals surface area contributed by atoms with Crippen molar-refractivity contribution < 1.29 is 0 Å². The molecule has 18 heavy (non-hydrogen) atoms. The van der Waals surface area contributed by atoms with Gasteiger partial charge in [0, 0.05) is 12.6 Å². The molecular formula is C16H27NS. The topological polar surface area (TPSA) is 12.0 Å². The minimum absolute atomic E-state index is 0.568. The van der Waals surface area contributed by atoms with Gasteiger partial charge in [0.1, 0.15) is 0 Å². The fourth-order valence-corrected chi connectivity index (χ4v) is 2.53. The first-order valence-electron chi connectivity index (χ1n) is 6.92. The highest BCUT2D eigenvalue weighted by Crippen LogP contribution is 2.22. The summed E-state index contributed by atoms with van der Waals surface area (Å²) in [6.45, 7) is 7.68. The van der Waals surface area contributed by atoms with Gasteiger partial charge in [-0.1, -0.05) is 43.7 Å². The summed E-state index contributed by atoms with van der Waals surface area (Å²) < 4.78 is 0. The molecule has 0 spiro atoms. The van der Waals surface area contributed by atoms with Gasteiger partial charge in [0.2, 0.25) is 0 Å². The molecule has 1 aromatic rings. The normalized spacial score (nSPS) is 12.9. The van der Waals surface area contributed by atoms with E-state index in [1.165, 1.54) is 29.7 Å². The number of aryl methyl sites for hydroxylation is 1. The van der Waals surface area contributed by atoms with Crippen LogP contribution in [-0.2, 0) is 0 Å². The summed E-state index contributed by atoms with van der Waals surface area (Å²) in [4.78, 5) is 0. The molecule has 2 heteroatoms. The van der Waals surface area contributed by atoms with E-state index in [0.29, 0.717) is 12.0 Å². The van der Waals surface area contributed by atoms with E-state index < -0.39 is 0 Å². The van der Waals surface area contributed by atoms with E-state index in [1.807, 2.05) is 11.8 Å². The zero-order valence-electron chi connectivity index (χ0n) is 12.2. The lowest BCUT2D eigenvalue weighted by molar-refractivity contribution is 0.506. The van der Waals surface area contributed by atoms with Crippen LogP contribution in [0.4, 0.5) is 0 Å². The average Bonchev–Trinajstić information content (AvgIpc) is 2.34. The molecule has 0 saturated heterocycles. The number of benzene rings is 1. The van der Waals surface area contributed by atoms with Crippen LogP contribution in [0, 0.1) is 6.92 Å². The van der Waals surface area contributed by atoms with Crippen LogP contribution in [0.5, 0.6) is 0 Å². The predicted molar refractivity (Wildman–Crippen MR) is 84.7 cm³/mol. The molecular weight excluding hydrogens is 238 g/mol. The lowest BCUT2D eigenvalue weighted by atomic mass is 9.93. The van der Waals surface area contributed by atoms with Crippen LogP contribution in [0.15, 0.2) is 24.3 Å². The Morgan fingerprint density at radius 2 is 1.83 bits per heavy atom. The molecule has 1 rings (SSSR count). The highest BCUT2D eigenvalue weighted by atomic mass is 32.2. The Kier molecular flexibility index (Phi) is 7.45. The van der Waals surface area contributed by atoms with Crippen molar-refractivity contribution in [1.29, 1.82) is 0 Å². The van der Waals surface area contributed by atoms with Crippen LogP contribution in [0.3, 0.4) is 0 Å². The van der Waals surface area contributed by atoms with E-state index in [4.69, 9.17) is 0 Å². The third kappa shape index (κ3) is 5.92. The van der Waals surface area contributed by atoms with Gasteiger partial charge in [-0.05, 0) is 43.3 Å². The van der Waals surface area contributed by atoms with Gasteiger partial charge in [0.15, 0.2) is 0 Å². The molecule has 0 heterocycles. The van der Waals surface area contributed by atoms with Gasteiger partial charge in [-0.2, -0.15) is 11.8 Å². The van der Waals surface area contributed by atoms with Gasteiger partial charge in [-0.15, -0.1) is 0 Å². The second-order valence-electron chi connectivity index (χ2n) is 5.31. The highest BCUT2D eigenvalue weighted by Gasteiger charge is 2.11. The van der Waals surface area contributed by atoms with Crippen molar-refractivity contribution in [2.75, 3.05) is 18.6 Å². The van der Waals surface area contributed by atoms with Gasteiger partial charge in [0.05, 0.1) is 0 Å². The Bertz CT molecular complexity index is 318. The van der Waals surface area contributed by atoms with E-state index in [0.717, 1.165) is 6.54 Å². The molecule has 0 aliphatic carbocycles. The zero-order chi connectivity index (χ0) is 13.4. The minimum atomic E-state index is 0.568. The molecule has 0 aliphatic rings. The summed E-state index contributed by atoms with van der Waals surface area (Å²) in [5, 5.41) is 3.58. The molecule has 0 saturated carbocycles. The van der Waals surface area contributed by atoms with Crippen LogP contribution in [0.25, 0.3) is 0 Å². The Morgan fingerprint density at radius 1 is 1.17 bits per heavy atom. The standard InChI is InChI=1S/C16H27NS/c1-13(2)17-12-16(6-5-11-18-4)15-9-7-14(3)8-10-15/h7-10,13,16-17H,5-6,11-12H2,1-4H3. The van der Waals surface area contributed by atoms with Gasteiger partial charge in [-0.3, -0.25) is 0 Å². The molecule has 0 amide bonds. The van der Waals surface area contributed by atoms with Crippen molar-refractivity contribution in [2.24, 2.45) is 0 Å². The van der Waals surface area contributed by atoms with Crippen molar-refractivity contribution in [3.63, 3.8) is 0 Å². The van der Waals surface area contributed by atoms with E-state index >= 15 is 0 Å². The fraction of sp³-hybridized carbons (Fsp3) is 0.625. The van der Waals surface area contributed by atoms with Gasteiger partial charge < -0.3 is 5.32 Å². The minimum Gasteiger partial charge on any atom is -0.314 e. The number of rotatable bonds is 8. The van der Waals surface area contributed by atoms with E-state index in [2.05, 4.69) is 56.6 Å². The summed E-state index contributed by atoms with van der Waals surface area (Å²) >= 11 is 1.95. The number of hydrogen-bond acceptors (Lipinski definition) is 2. The molecule has 102 valence electrons. The Morgan fingerprint density at radius 3 is 2.39 bits per heavy atom. The SMILES string of the molecule is CSCCCC(CNC(C)C)c1ccc(C)cc1. The van der Waals surface area contributed by atoms with Crippen LogP contribution in [0.1, 0.15) is 43.7 Å². The van der Waals surface area contributed by atoms with Crippen molar-refractivity contribution in [1.82, 2.24) is 5.32 Å². The van der Waals surface area contributed by atoms with Crippen molar-refractivity contribution in [3.05, 3.63) is 35.4 Å². The third-order valence-corrected chi connectivity index (χ3v) is 3.92. The quantitative estimate of drug-likeness (QED) is 0.706. The highest BCUT2D eigenvalue weighted by molar-refractivity contribution is 7.98. The molecule has 0 fully saturated rings. The van der Waals surface area contributed by atoms with Crippen LogP contribution in [0.2, 0.25) is 0 Å². The lowest BCUT2D eigenvalue weighted by Gasteiger charge is -2.20. The molecule has 1 atom stereocenters. The first kappa shape index (κ1) is 15.6. The summed E-state index contributed by atoms with van der Waals surface area (Å²) in [6, 6.07) is 9.61. The largest absolute Gasteiger partial charge is 0.314 e. The molecule has 0 radical (unpaired) electrons. The van der Waals surface area contributed by atoms with Gasteiger partial charge in [-0.25, -0.2) is 0 Å². The Labute approximate surface area is 117 Å². The molecule has 0 aromatic heterocycles. The smallest absolute Gasteiger partial charge is 0.00225 e. The van der Waals surface area contributed by atoms with Crippen molar-refractivity contribution in [3.8, 4) is 0 Å². The van der Waals surface area contributed by atoms with Gasteiger partial charge in [0.25, 0.3) is 0 Å². The maximum atomic E-state index is 3.58. The van der Waals surface area contributed by atoms with Crippen molar-refractivity contribution >= 4 is 11.8 Å². The molecule has 0 aliphatic heterocycles. The summed E-state index contributed by atoms with van der Waals surface area (Å²) in [7, 11) is 0. The number of nitrogens with one attached hydrogen (secondary N) is 1. The Hall–Kier alpha value is -0.470. The van der Waals surface area contributed by atoms with Gasteiger partial charge >= 0.3 is 0 Å². The van der Waals surface area contributed by atoms with Crippen molar-refractivity contribution in [2.45, 2.75) is 45.6 Å². The summed E-state index contributed by atoms with van der Waals surface area (Å²) in [5.41, 5.74) is 2.83. The Balaban J connectivity index is 2.60. The average molecular weight is 265 g/mol. The summed E-state index contributed by atoms with van der Waals surface area (Å²) in [5.74, 6) is 1.92. The van der Waals surface area contributed by atoms with E-state index in [1.54, 1.807) is 0 Å². The predicted octanol–water partition coefficient (Wildman–Crippen LogP) is 4.22. The van der Waals surface area contributed by atoms with E-state index in [9.17, 15) is 0 Å². The maximum absolute atomic E-state index is 3.58. The van der Waals surface area contributed by atoms with Crippen LogP contribution in [-0.4, -0.2) is 24.6 Å². The molecule has 0 bridgehead atoms. The zero-order valence-corrected chi connectivity index (χ0v) is 13.0. The second-order valence-corrected chi connectivity index (χ2v) is 6.29. The summed E-state index contributed by atoms with van der Waals surface area (Å²) in [6.07, 6.45) is 4.77. The maximum Gasteiger partial charge on any atom is 0.00225 e. The molecule has 1 aromatic carbocycles. The first-order valence-corrected chi connectivity index (χ1v) is 8.31. The van der Waals surface area contributed by atoms with Crippen LogP contribution < -0.4 is 5.32 Å². The number of hydrogen-bond donors (Lipinski definition) is 1. The van der Waals surface area contributed by atoms with Crippen LogP contribution >= 0.6 is 11.8 Å². The number of thioether (sulfide) groups is 1.